The minimum atomic E-state index is -8.50. The molecule has 2 aromatic rings. The van der Waals surface area contributed by atoms with Gasteiger partial charge in [-0.3, -0.25) is 0 Å². The van der Waals surface area contributed by atoms with Crippen molar-refractivity contribution in [1.82, 2.24) is 0 Å². The number of aromatic hydroxyl groups is 2. The summed E-state index contributed by atoms with van der Waals surface area (Å²) >= 11 is 0. The fourth-order valence-corrected chi connectivity index (χ4v) is 5.15. The Morgan fingerprint density at radius 1 is 0.469 bits per heavy atom. The molecule has 2 aromatic carbocycles. The fourth-order valence-electron chi connectivity index (χ4n) is 5.15. The summed E-state index contributed by atoms with van der Waals surface area (Å²) in [5.41, 5.74) is -5.94. The first kappa shape index (κ1) is 42.2. The average Bonchev–Trinajstić information content (AvgIpc) is 2.92. The molecule has 0 bridgehead atoms. The van der Waals surface area contributed by atoms with E-state index in [4.69, 9.17) is 0 Å². The first-order valence-corrected chi connectivity index (χ1v) is 14.6. The molecule has 0 radical (unpaired) electrons. The maximum absolute atomic E-state index is 16.4. The molecule has 0 saturated heterocycles. The van der Waals surface area contributed by atoms with Gasteiger partial charge in [0.2, 0.25) is 0 Å². The van der Waals surface area contributed by atoms with Crippen LogP contribution < -0.4 is 0 Å². The van der Waals surface area contributed by atoms with E-state index in [1.165, 1.54) is 67.5 Å². The molecule has 0 aliphatic rings. The molecule has 0 heterocycles. The lowest BCUT2D eigenvalue weighted by Gasteiger charge is -2.43. The van der Waals surface area contributed by atoms with Gasteiger partial charge >= 0.3 is 41.7 Å². The molecule has 280 valence electrons. The van der Waals surface area contributed by atoms with Crippen LogP contribution in [0, 0.1) is 0 Å². The molecule has 0 aliphatic heterocycles. The van der Waals surface area contributed by atoms with Crippen LogP contribution in [-0.4, -0.2) is 51.9 Å². The summed E-state index contributed by atoms with van der Waals surface area (Å²) in [7, 11) is 0. The van der Waals surface area contributed by atoms with Crippen LogP contribution in [0.25, 0.3) is 0 Å². The molecular weight excluding hydrogens is 701 g/mol. The van der Waals surface area contributed by atoms with E-state index in [2.05, 4.69) is 0 Å². The van der Waals surface area contributed by atoms with E-state index in [1.807, 2.05) is 0 Å². The number of phenols is 2. The Morgan fingerprint density at radius 3 is 1.02 bits per heavy atom. The van der Waals surface area contributed by atoms with Crippen LogP contribution in [0.3, 0.4) is 0 Å². The topological polar surface area (TPSA) is 40.5 Å². The summed E-state index contributed by atoms with van der Waals surface area (Å²) in [6.45, 7) is 11.1. The first-order chi connectivity index (χ1) is 21.5. The van der Waals surface area contributed by atoms with E-state index in [-0.39, 0.29) is 35.1 Å². The second kappa shape index (κ2) is 12.3. The van der Waals surface area contributed by atoms with Crippen LogP contribution in [0.4, 0.5) is 65.9 Å². The van der Waals surface area contributed by atoms with Crippen molar-refractivity contribution in [2.75, 3.05) is 0 Å². The van der Waals surface area contributed by atoms with Gasteiger partial charge in [0.1, 0.15) is 11.5 Å². The molecule has 2 rings (SSSR count). The molecule has 2 nitrogen and oxygen atoms in total. The minimum absolute atomic E-state index is 0.0440. The number of alkyl halides is 15. The van der Waals surface area contributed by atoms with E-state index in [0.29, 0.717) is 12.1 Å². The Bertz CT molecular complexity index is 1460. The van der Waals surface area contributed by atoms with Gasteiger partial charge in [0.15, 0.2) is 0 Å². The van der Waals surface area contributed by atoms with Gasteiger partial charge in [-0.1, -0.05) is 79.7 Å². The van der Waals surface area contributed by atoms with Gasteiger partial charge in [0.25, 0.3) is 0 Å². The lowest BCUT2D eigenvalue weighted by atomic mass is 9.73. The van der Waals surface area contributed by atoms with Crippen molar-refractivity contribution in [2.45, 2.75) is 127 Å². The normalized spacial score (nSPS) is 14.9. The third-order valence-corrected chi connectivity index (χ3v) is 8.17. The average molecular weight is 737 g/mol. The van der Waals surface area contributed by atoms with E-state index >= 15 is 26.3 Å². The maximum atomic E-state index is 16.4. The van der Waals surface area contributed by atoms with Gasteiger partial charge < -0.3 is 10.2 Å². The number of aryl methyl sites for hydroxylation is 2. The minimum Gasteiger partial charge on any atom is -0.507 e. The summed E-state index contributed by atoms with van der Waals surface area (Å²) in [4.78, 5) is 0. The van der Waals surface area contributed by atoms with E-state index in [1.54, 1.807) is 0 Å². The summed E-state index contributed by atoms with van der Waals surface area (Å²) in [6.07, 6.45) is -7.97. The van der Waals surface area contributed by atoms with Crippen LogP contribution in [-0.2, 0) is 23.7 Å². The molecule has 0 saturated carbocycles. The lowest BCUT2D eigenvalue weighted by Crippen LogP contribution is -2.73. The fraction of sp³-hybridized carbons (Fsp3) is 0.625. The predicted molar refractivity (Wildman–Crippen MR) is 150 cm³/mol. The van der Waals surface area contributed by atoms with Gasteiger partial charge in [-0.15, -0.1) is 0 Å². The Labute approximate surface area is 272 Å². The van der Waals surface area contributed by atoms with Crippen molar-refractivity contribution in [3.8, 4) is 11.5 Å². The third kappa shape index (κ3) is 6.51. The zero-order valence-corrected chi connectivity index (χ0v) is 27.4. The molecule has 0 unspecified atom stereocenters. The van der Waals surface area contributed by atoms with Gasteiger partial charge in [-0.05, 0) is 45.9 Å². The monoisotopic (exact) mass is 736 g/mol. The number of hydrogen-bond acceptors (Lipinski definition) is 2. The third-order valence-electron chi connectivity index (χ3n) is 8.17. The molecule has 0 atom stereocenters. The predicted octanol–water partition coefficient (Wildman–Crippen LogP) is 11.3. The summed E-state index contributed by atoms with van der Waals surface area (Å²) < 4.78 is 216. The Kier molecular flexibility index (Phi) is 10.6. The zero-order chi connectivity index (χ0) is 38.9. The van der Waals surface area contributed by atoms with Gasteiger partial charge in [-0.25, -0.2) is 0 Å². The van der Waals surface area contributed by atoms with Crippen molar-refractivity contribution in [1.29, 1.82) is 0 Å². The molecule has 2 N–H and O–H groups in total. The van der Waals surface area contributed by atoms with Crippen LogP contribution in [0.5, 0.6) is 11.5 Å². The van der Waals surface area contributed by atoms with E-state index in [0.717, 1.165) is 0 Å². The van der Waals surface area contributed by atoms with Gasteiger partial charge in [-0.2, -0.15) is 65.9 Å². The number of hydrogen-bond donors (Lipinski definition) is 2. The second-order valence-corrected chi connectivity index (χ2v) is 13.8. The van der Waals surface area contributed by atoms with Crippen molar-refractivity contribution < 1.29 is 76.1 Å². The highest BCUT2D eigenvalue weighted by atomic mass is 19.4. The first-order valence-electron chi connectivity index (χ1n) is 14.6. The van der Waals surface area contributed by atoms with Crippen LogP contribution in [0.2, 0.25) is 0 Å². The van der Waals surface area contributed by atoms with Crippen LogP contribution in [0.15, 0.2) is 24.3 Å². The number of phenolic OH excluding ortho intramolecular Hbond substituents is 2. The maximum Gasteiger partial charge on any atom is 0.460 e. The molecule has 49 heavy (non-hydrogen) atoms. The highest BCUT2D eigenvalue weighted by molar-refractivity contribution is 5.58. The molecule has 0 fully saturated rings. The van der Waals surface area contributed by atoms with Crippen molar-refractivity contribution in [3.05, 3.63) is 57.6 Å². The SMILES string of the molecule is CCc1cc(C(c2cc(CC)cc(C(C)(C)C)c2O)C(F)(F)C(F)(F)C(F)(F)C(F)(F)C(F)(F)C(F)(F)C(F)(F)F)c(O)c(C(C)(C)C)c1. The molecule has 0 aromatic heterocycles. The largest absolute Gasteiger partial charge is 0.507 e. The van der Waals surface area contributed by atoms with Crippen molar-refractivity contribution >= 4 is 0 Å². The van der Waals surface area contributed by atoms with E-state index in [9.17, 15) is 49.7 Å². The highest BCUT2D eigenvalue weighted by Crippen LogP contribution is 2.65. The van der Waals surface area contributed by atoms with Gasteiger partial charge in [0, 0.05) is 11.1 Å². The standard InChI is InChI=1S/C32H35F15O2/c1-9-15-11-17(22(48)19(13-15)24(3,4)5)21(18-12-16(10-2)14-20(23(18)49)25(6,7)8)26(33,34)27(35,36)28(37,38)29(39,40)30(41,42)31(43,44)32(45,46)47/h11-14,21,48-49H,9-10H2,1-8H3. The van der Waals surface area contributed by atoms with E-state index < -0.39 is 81.1 Å². The number of benzene rings is 2. The number of rotatable bonds is 10. The quantitative estimate of drug-likeness (QED) is 0.239. The highest BCUT2D eigenvalue weighted by Gasteiger charge is 2.93. The Morgan fingerprint density at radius 2 is 0.755 bits per heavy atom. The van der Waals surface area contributed by atoms with Gasteiger partial charge in [0.05, 0.1) is 5.92 Å². The second-order valence-electron chi connectivity index (χ2n) is 13.8. The molecule has 0 amide bonds. The Balaban J connectivity index is 3.24. The van der Waals surface area contributed by atoms with Crippen LogP contribution >= 0.6 is 0 Å². The Hall–Kier alpha value is -3.01. The zero-order valence-electron chi connectivity index (χ0n) is 27.4. The molecular formula is C32H35F15O2. The number of halogens is 15. The van der Waals surface area contributed by atoms with Crippen molar-refractivity contribution in [3.63, 3.8) is 0 Å². The summed E-state index contributed by atoms with van der Waals surface area (Å²) in [5.74, 6) is -54.6. The molecule has 0 spiro atoms. The smallest absolute Gasteiger partial charge is 0.460 e. The molecule has 17 heteroatoms. The summed E-state index contributed by atoms with van der Waals surface area (Å²) in [6, 6.07) is 3.57. The lowest BCUT2D eigenvalue weighted by molar-refractivity contribution is -0.453. The summed E-state index contributed by atoms with van der Waals surface area (Å²) in [5, 5.41) is 22.4. The molecule has 0 aliphatic carbocycles. The van der Waals surface area contributed by atoms with Crippen LogP contribution in [0.1, 0.15) is 94.7 Å². The van der Waals surface area contributed by atoms with Crippen molar-refractivity contribution in [2.24, 2.45) is 0 Å².